The molecule has 1 fully saturated rings. The van der Waals surface area contributed by atoms with E-state index in [1.54, 1.807) is 0 Å². The Kier molecular flexibility index (Phi) is 7.90. The van der Waals surface area contributed by atoms with Crippen LogP contribution in [0.5, 0.6) is 0 Å². The van der Waals surface area contributed by atoms with Gasteiger partial charge in [0.15, 0.2) is 0 Å². The van der Waals surface area contributed by atoms with Crippen molar-refractivity contribution in [2.45, 2.75) is 37.0 Å². The summed E-state index contributed by atoms with van der Waals surface area (Å²) in [6, 6.07) is 24.8. The fourth-order valence-corrected chi connectivity index (χ4v) is 5.15. The number of carbonyl (C=O) groups excluding carboxylic acids is 1. The van der Waals surface area contributed by atoms with Gasteiger partial charge in [-0.1, -0.05) is 60.1 Å². The van der Waals surface area contributed by atoms with Crippen molar-refractivity contribution in [1.82, 2.24) is 4.90 Å². The van der Waals surface area contributed by atoms with Gasteiger partial charge in [-0.05, 0) is 73.8 Å². The molecule has 0 spiro atoms. The van der Waals surface area contributed by atoms with E-state index in [0.29, 0.717) is 0 Å². The average molecular weight is 465 g/mol. The maximum atomic E-state index is 12.9. The van der Waals surface area contributed by atoms with Gasteiger partial charge in [-0.3, -0.25) is 9.69 Å². The maximum Gasteiger partial charge on any atom is 0.227 e. The minimum atomic E-state index is 0.0604. The third-order valence-corrected chi connectivity index (χ3v) is 7.46. The Labute approximate surface area is 200 Å². The first kappa shape index (κ1) is 22.9. The van der Waals surface area contributed by atoms with Crippen molar-refractivity contribution < 1.29 is 4.79 Å². The monoisotopic (exact) mass is 464 g/mol. The van der Waals surface area contributed by atoms with Crippen LogP contribution in [-0.4, -0.2) is 23.9 Å². The van der Waals surface area contributed by atoms with E-state index in [9.17, 15) is 4.79 Å². The van der Waals surface area contributed by atoms with E-state index in [1.165, 1.54) is 10.5 Å². The summed E-state index contributed by atoms with van der Waals surface area (Å²) in [5.74, 6) is 1.12. The highest BCUT2D eigenvalue weighted by molar-refractivity contribution is 7.98. The third-order valence-electron chi connectivity index (χ3n) is 6.01. The number of halogens is 1. The second kappa shape index (κ2) is 11.0. The number of thioether (sulfide) groups is 1. The number of likely N-dealkylation sites (tertiary alicyclic amines) is 1. The Bertz CT molecular complexity index is 1050. The molecule has 1 heterocycles. The number of benzene rings is 3. The Hall–Kier alpha value is -2.27. The number of hydrogen-bond donors (Lipinski definition) is 1. The summed E-state index contributed by atoms with van der Waals surface area (Å²) in [6.07, 6.45) is 1.75. The molecule has 3 aromatic carbocycles. The molecule has 32 heavy (non-hydrogen) atoms. The lowest BCUT2D eigenvalue weighted by molar-refractivity contribution is -0.121. The molecule has 4 rings (SSSR count). The van der Waals surface area contributed by atoms with Crippen molar-refractivity contribution in [1.29, 1.82) is 0 Å². The highest BCUT2D eigenvalue weighted by Gasteiger charge is 2.25. The number of nitrogens with one attached hydrogen (secondary N) is 1. The van der Waals surface area contributed by atoms with Gasteiger partial charge in [-0.2, -0.15) is 0 Å². The molecule has 5 heteroatoms. The molecular formula is C27H29ClN2OS. The van der Waals surface area contributed by atoms with Crippen molar-refractivity contribution >= 4 is 35.0 Å². The number of aryl methyl sites for hydroxylation is 1. The third kappa shape index (κ3) is 6.16. The molecule has 0 aliphatic carbocycles. The Balaban J connectivity index is 1.27. The summed E-state index contributed by atoms with van der Waals surface area (Å²) >= 11 is 8.12. The van der Waals surface area contributed by atoms with E-state index < -0.39 is 0 Å². The molecule has 1 saturated heterocycles. The lowest BCUT2D eigenvalue weighted by Crippen LogP contribution is -2.37. The van der Waals surface area contributed by atoms with Crippen LogP contribution in [0.25, 0.3) is 0 Å². The van der Waals surface area contributed by atoms with Crippen LogP contribution in [0.4, 0.5) is 5.69 Å². The molecule has 0 aromatic heterocycles. The highest BCUT2D eigenvalue weighted by atomic mass is 35.5. The number of anilines is 1. The summed E-state index contributed by atoms with van der Waals surface area (Å²) in [5.41, 5.74) is 4.45. The predicted octanol–water partition coefficient (Wildman–Crippen LogP) is 6.79. The van der Waals surface area contributed by atoms with Crippen LogP contribution in [0.15, 0.2) is 77.7 Å². The van der Waals surface area contributed by atoms with Crippen LogP contribution in [0, 0.1) is 12.8 Å². The quantitative estimate of drug-likeness (QED) is 0.390. The number of carbonyl (C=O) groups is 1. The standard InChI is InChI=1S/C27H29ClN2OS/c1-20-17-21(19-32-24-8-3-2-4-9-24)11-12-26(20)29-27(31)22-13-15-30(16-14-22)18-23-7-5-6-10-25(23)28/h2-12,17,22H,13-16,18-19H2,1H3,(H,29,31). The van der Waals surface area contributed by atoms with Crippen molar-refractivity contribution in [3.63, 3.8) is 0 Å². The summed E-state index contributed by atoms with van der Waals surface area (Å²) in [4.78, 5) is 16.5. The van der Waals surface area contributed by atoms with E-state index in [2.05, 4.69) is 59.6 Å². The number of rotatable bonds is 7. The van der Waals surface area contributed by atoms with E-state index in [1.807, 2.05) is 42.1 Å². The van der Waals surface area contributed by atoms with Gasteiger partial charge in [0, 0.05) is 33.8 Å². The molecule has 166 valence electrons. The molecule has 1 aliphatic heterocycles. The molecule has 0 atom stereocenters. The number of piperidine rings is 1. The Morgan fingerprint density at radius 2 is 1.75 bits per heavy atom. The van der Waals surface area contributed by atoms with Crippen molar-refractivity contribution in [2.75, 3.05) is 18.4 Å². The maximum absolute atomic E-state index is 12.9. The first-order valence-corrected chi connectivity index (χ1v) is 12.5. The fourth-order valence-electron chi connectivity index (χ4n) is 4.09. The van der Waals surface area contributed by atoms with Crippen LogP contribution >= 0.6 is 23.4 Å². The van der Waals surface area contributed by atoms with Gasteiger partial charge in [-0.15, -0.1) is 11.8 Å². The predicted molar refractivity (Wildman–Crippen MR) is 135 cm³/mol. The zero-order valence-corrected chi connectivity index (χ0v) is 20.0. The first-order valence-electron chi connectivity index (χ1n) is 11.1. The summed E-state index contributed by atoms with van der Waals surface area (Å²) < 4.78 is 0. The minimum Gasteiger partial charge on any atom is -0.326 e. The van der Waals surface area contributed by atoms with E-state index in [4.69, 9.17) is 11.6 Å². The second-order valence-corrected chi connectivity index (χ2v) is 9.84. The fraction of sp³-hybridized carbons (Fsp3) is 0.296. The molecular weight excluding hydrogens is 436 g/mol. The van der Waals surface area contributed by atoms with E-state index in [0.717, 1.165) is 60.1 Å². The molecule has 1 aliphatic rings. The van der Waals surface area contributed by atoms with Crippen molar-refractivity contribution in [3.05, 3.63) is 94.5 Å². The van der Waals surface area contributed by atoms with Gasteiger partial charge in [-0.25, -0.2) is 0 Å². The van der Waals surface area contributed by atoms with Crippen LogP contribution in [0.3, 0.4) is 0 Å². The molecule has 1 amide bonds. The Morgan fingerprint density at radius 1 is 1.03 bits per heavy atom. The molecule has 0 unspecified atom stereocenters. The molecule has 3 nitrogen and oxygen atoms in total. The van der Waals surface area contributed by atoms with E-state index >= 15 is 0 Å². The van der Waals surface area contributed by atoms with Crippen LogP contribution in [0.1, 0.15) is 29.5 Å². The summed E-state index contributed by atoms with van der Waals surface area (Å²) in [6.45, 7) is 4.74. The molecule has 1 N–H and O–H groups in total. The van der Waals surface area contributed by atoms with Crippen molar-refractivity contribution in [3.8, 4) is 0 Å². The minimum absolute atomic E-state index is 0.0604. The van der Waals surface area contributed by atoms with Crippen LogP contribution < -0.4 is 5.32 Å². The SMILES string of the molecule is Cc1cc(CSc2ccccc2)ccc1NC(=O)C1CCN(Cc2ccccc2Cl)CC1. The van der Waals surface area contributed by atoms with Gasteiger partial charge in [0.2, 0.25) is 5.91 Å². The van der Waals surface area contributed by atoms with Gasteiger partial charge in [0.25, 0.3) is 0 Å². The Morgan fingerprint density at radius 3 is 2.47 bits per heavy atom. The zero-order valence-electron chi connectivity index (χ0n) is 18.4. The van der Waals surface area contributed by atoms with Crippen molar-refractivity contribution in [2.24, 2.45) is 5.92 Å². The molecule has 0 bridgehead atoms. The van der Waals surface area contributed by atoms with Crippen LogP contribution in [0.2, 0.25) is 5.02 Å². The smallest absolute Gasteiger partial charge is 0.227 e. The summed E-state index contributed by atoms with van der Waals surface area (Å²) in [7, 11) is 0. The normalized spacial score (nSPS) is 14.9. The molecule has 0 saturated carbocycles. The number of amides is 1. The number of hydrogen-bond acceptors (Lipinski definition) is 3. The van der Waals surface area contributed by atoms with E-state index in [-0.39, 0.29) is 11.8 Å². The zero-order chi connectivity index (χ0) is 22.3. The van der Waals surface area contributed by atoms with Gasteiger partial charge in [0.1, 0.15) is 0 Å². The lowest BCUT2D eigenvalue weighted by atomic mass is 9.95. The summed E-state index contributed by atoms with van der Waals surface area (Å²) in [5, 5.41) is 3.98. The van der Waals surface area contributed by atoms with Gasteiger partial charge in [0.05, 0.1) is 0 Å². The number of nitrogens with zero attached hydrogens (tertiary/aromatic N) is 1. The average Bonchev–Trinajstić information content (AvgIpc) is 2.82. The molecule has 0 radical (unpaired) electrons. The molecule has 3 aromatic rings. The highest BCUT2D eigenvalue weighted by Crippen LogP contribution is 2.27. The largest absolute Gasteiger partial charge is 0.326 e. The van der Waals surface area contributed by atoms with Crippen LogP contribution in [-0.2, 0) is 17.1 Å². The first-order chi connectivity index (χ1) is 15.6. The lowest BCUT2D eigenvalue weighted by Gasteiger charge is -2.31. The van der Waals surface area contributed by atoms with Gasteiger partial charge >= 0.3 is 0 Å². The topological polar surface area (TPSA) is 32.3 Å². The van der Waals surface area contributed by atoms with Gasteiger partial charge < -0.3 is 5.32 Å². The second-order valence-electron chi connectivity index (χ2n) is 8.38.